The van der Waals surface area contributed by atoms with Gasteiger partial charge in [-0.1, -0.05) is 0 Å². The minimum absolute atomic E-state index is 0.375. The molecule has 0 spiro atoms. The Morgan fingerprint density at radius 2 is 2.14 bits per heavy atom. The van der Waals surface area contributed by atoms with E-state index < -0.39 is 0 Å². The average Bonchev–Trinajstić information content (AvgIpc) is 2.19. The molecule has 0 N–H and O–H groups in total. The first-order valence-electron chi connectivity index (χ1n) is 3.85. The summed E-state index contributed by atoms with van der Waals surface area (Å²) in [6, 6.07) is 4.91. The maximum atomic E-state index is 13.2. The van der Waals surface area contributed by atoms with E-state index in [0.29, 0.717) is 15.4 Å². The molecule has 2 rings (SSSR count). The Hall–Kier alpha value is -1.47. The van der Waals surface area contributed by atoms with Crippen molar-refractivity contribution in [2.24, 2.45) is 0 Å². The lowest BCUT2D eigenvalue weighted by atomic mass is 10.1. The third kappa shape index (κ3) is 1.36. The Bertz CT molecular complexity index is 546. The molecule has 2 nitrogen and oxygen atoms in total. The summed E-state index contributed by atoms with van der Waals surface area (Å²) in [5, 5.41) is 10.1. The highest BCUT2D eigenvalue weighted by Gasteiger charge is 2.05. The molecule has 0 bridgehead atoms. The fraction of sp³-hybridized carbons (Fsp3) is 0. The zero-order valence-corrected chi connectivity index (χ0v) is 8.55. The molecule has 0 aliphatic carbocycles. The molecule has 0 saturated carbocycles. The molecule has 0 atom stereocenters. The summed E-state index contributed by atoms with van der Waals surface area (Å²) in [5.74, 6) is -0.375. The summed E-state index contributed by atoms with van der Waals surface area (Å²) in [6.45, 7) is 0. The molecule has 68 valence electrons. The summed E-state index contributed by atoms with van der Waals surface area (Å²) in [7, 11) is 0. The molecule has 14 heavy (non-hydrogen) atoms. The lowest BCUT2D eigenvalue weighted by Crippen LogP contribution is -1.85. The maximum absolute atomic E-state index is 13.2. The number of rotatable bonds is 0. The highest BCUT2D eigenvalue weighted by molar-refractivity contribution is 9.10. The van der Waals surface area contributed by atoms with Gasteiger partial charge in [0.15, 0.2) is 0 Å². The van der Waals surface area contributed by atoms with E-state index in [1.165, 1.54) is 12.3 Å². The molecule has 1 heterocycles. The molecule has 0 aliphatic heterocycles. The third-order valence-corrected chi connectivity index (χ3v) is 2.53. The van der Waals surface area contributed by atoms with Crippen LogP contribution in [0.1, 0.15) is 5.56 Å². The number of hydrogen-bond donors (Lipinski definition) is 0. The smallest absolute Gasteiger partial charge is 0.138 e. The van der Waals surface area contributed by atoms with Gasteiger partial charge in [0.2, 0.25) is 0 Å². The van der Waals surface area contributed by atoms with Crippen molar-refractivity contribution in [3.8, 4) is 6.07 Å². The molecule has 4 heteroatoms. The van der Waals surface area contributed by atoms with E-state index >= 15 is 0 Å². The first-order valence-corrected chi connectivity index (χ1v) is 4.64. The van der Waals surface area contributed by atoms with Crippen LogP contribution >= 0.6 is 15.9 Å². The largest absolute Gasteiger partial charge is 0.263 e. The van der Waals surface area contributed by atoms with Gasteiger partial charge in [0, 0.05) is 23.2 Å². The SMILES string of the molecule is N#Cc1cncc2cc(Br)c(F)cc12. The van der Waals surface area contributed by atoms with Crippen LogP contribution in [0.15, 0.2) is 29.0 Å². The van der Waals surface area contributed by atoms with Crippen LogP contribution in [0.5, 0.6) is 0 Å². The summed E-state index contributed by atoms with van der Waals surface area (Å²) < 4.78 is 13.6. The summed E-state index contributed by atoms with van der Waals surface area (Å²) in [5.41, 5.74) is 0.383. The van der Waals surface area contributed by atoms with Crippen molar-refractivity contribution in [2.45, 2.75) is 0 Å². The first-order chi connectivity index (χ1) is 6.72. The first kappa shape index (κ1) is 9.10. The lowest BCUT2D eigenvalue weighted by Gasteiger charge is -2.00. The van der Waals surface area contributed by atoms with Crippen LogP contribution in [-0.2, 0) is 0 Å². The fourth-order valence-corrected chi connectivity index (χ4v) is 1.61. The van der Waals surface area contributed by atoms with Crippen molar-refractivity contribution < 1.29 is 4.39 Å². The number of fused-ring (bicyclic) bond motifs is 1. The molecule has 0 unspecified atom stereocenters. The zero-order valence-electron chi connectivity index (χ0n) is 6.96. The topological polar surface area (TPSA) is 36.7 Å². The van der Waals surface area contributed by atoms with Crippen LogP contribution in [0, 0.1) is 17.1 Å². The van der Waals surface area contributed by atoms with Crippen molar-refractivity contribution in [1.29, 1.82) is 5.26 Å². The highest BCUT2D eigenvalue weighted by atomic mass is 79.9. The molecule has 0 radical (unpaired) electrons. The van der Waals surface area contributed by atoms with Gasteiger partial charge in [-0.15, -0.1) is 0 Å². The van der Waals surface area contributed by atoms with Crippen molar-refractivity contribution in [1.82, 2.24) is 4.98 Å². The number of benzene rings is 1. The monoisotopic (exact) mass is 250 g/mol. The molecule has 0 saturated heterocycles. The Labute approximate surface area is 88.1 Å². The summed E-state index contributed by atoms with van der Waals surface area (Å²) >= 11 is 3.08. The van der Waals surface area contributed by atoms with Crippen LogP contribution in [0.2, 0.25) is 0 Å². The Kier molecular flexibility index (Phi) is 2.18. The molecule has 0 fully saturated rings. The molecule has 1 aromatic carbocycles. The lowest BCUT2D eigenvalue weighted by molar-refractivity contribution is 0.623. The molecular weight excluding hydrogens is 247 g/mol. The van der Waals surface area contributed by atoms with Gasteiger partial charge in [-0.05, 0) is 28.1 Å². The van der Waals surface area contributed by atoms with Gasteiger partial charge in [-0.25, -0.2) is 4.39 Å². The van der Waals surface area contributed by atoms with Crippen LogP contribution in [0.3, 0.4) is 0 Å². The second-order valence-electron chi connectivity index (χ2n) is 2.79. The predicted molar refractivity (Wildman–Crippen MR) is 54.1 cm³/mol. The number of nitrogens with zero attached hydrogens (tertiary/aromatic N) is 2. The predicted octanol–water partition coefficient (Wildman–Crippen LogP) is 3.01. The number of hydrogen-bond acceptors (Lipinski definition) is 2. The normalized spacial score (nSPS) is 10.1. The molecule has 1 aromatic heterocycles. The van der Waals surface area contributed by atoms with E-state index in [4.69, 9.17) is 5.26 Å². The molecule has 0 aliphatic rings. The number of aromatic nitrogens is 1. The van der Waals surface area contributed by atoms with Crippen LogP contribution in [0.25, 0.3) is 10.8 Å². The highest BCUT2D eigenvalue weighted by Crippen LogP contribution is 2.24. The molecule has 2 aromatic rings. The van der Waals surface area contributed by atoms with Crippen molar-refractivity contribution in [2.75, 3.05) is 0 Å². The quantitative estimate of drug-likeness (QED) is 0.721. The second kappa shape index (κ2) is 3.35. The van der Waals surface area contributed by atoms with E-state index in [1.54, 1.807) is 12.3 Å². The molecule has 0 amide bonds. The van der Waals surface area contributed by atoms with Gasteiger partial charge in [0.25, 0.3) is 0 Å². The van der Waals surface area contributed by atoms with E-state index in [2.05, 4.69) is 20.9 Å². The van der Waals surface area contributed by atoms with Crippen LogP contribution in [-0.4, -0.2) is 4.98 Å². The summed E-state index contributed by atoms with van der Waals surface area (Å²) in [4.78, 5) is 3.89. The van der Waals surface area contributed by atoms with Crippen molar-refractivity contribution >= 4 is 26.7 Å². The Balaban J connectivity index is 2.90. The van der Waals surface area contributed by atoms with Gasteiger partial charge < -0.3 is 0 Å². The maximum Gasteiger partial charge on any atom is 0.138 e. The van der Waals surface area contributed by atoms with Gasteiger partial charge in [0.1, 0.15) is 11.9 Å². The molecular formula is C10H4BrFN2. The van der Waals surface area contributed by atoms with Crippen LogP contribution in [0.4, 0.5) is 4.39 Å². The second-order valence-corrected chi connectivity index (χ2v) is 3.64. The fourth-order valence-electron chi connectivity index (χ4n) is 1.25. The summed E-state index contributed by atoms with van der Waals surface area (Å²) in [6.07, 6.45) is 3.02. The average molecular weight is 251 g/mol. The van der Waals surface area contributed by atoms with Crippen molar-refractivity contribution in [3.63, 3.8) is 0 Å². The standard InChI is InChI=1S/C10H4BrFN2/c11-9-1-6-4-14-5-7(3-13)8(6)2-10(9)12/h1-2,4-5H. The van der Waals surface area contributed by atoms with Gasteiger partial charge >= 0.3 is 0 Å². The van der Waals surface area contributed by atoms with Gasteiger partial charge in [-0.3, -0.25) is 4.98 Å². The van der Waals surface area contributed by atoms with E-state index in [0.717, 1.165) is 5.39 Å². The van der Waals surface area contributed by atoms with Gasteiger partial charge in [0.05, 0.1) is 10.0 Å². The van der Waals surface area contributed by atoms with Crippen molar-refractivity contribution in [3.05, 3.63) is 40.4 Å². The Morgan fingerprint density at radius 1 is 1.36 bits per heavy atom. The van der Waals surface area contributed by atoms with E-state index in [9.17, 15) is 4.39 Å². The number of halogens is 2. The minimum Gasteiger partial charge on any atom is -0.263 e. The number of nitriles is 1. The third-order valence-electron chi connectivity index (χ3n) is 1.92. The Morgan fingerprint density at radius 3 is 2.86 bits per heavy atom. The minimum atomic E-state index is -0.375. The van der Waals surface area contributed by atoms with E-state index in [1.807, 2.05) is 6.07 Å². The van der Waals surface area contributed by atoms with Crippen LogP contribution < -0.4 is 0 Å². The van der Waals surface area contributed by atoms with Gasteiger partial charge in [-0.2, -0.15) is 5.26 Å². The zero-order chi connectivity index (χ0) is 10.1. The van der Waals surface area contributed by atoms with E-state index in [-0.39, 0.29) is 5.82 Å². The number of pyridine rings is 1.